The number of hydrogen-bond acceptors (Lipinski definition) is 11. The lowest BCUT2D eigenvalue weighted by Gasteiger charge is -2.39. The van der Waals surface area contributed by atoms with Crippen LogP contribution in [0, 0.1) is 0 Å². The minimum Gasteiger partial charge on any atom is -0.506 e. The van der Waals surface area contributed by atoms with Crippen LogP contribution in [0.5, 0.6) is 5.75 Å². The van der Waals surface area contributed by atoms with Crippen molar-refractivity contribution < 1.29 is 48.5 Å². The lowest BCUT2D eigenvalue weighted by Crippen LogP contribution is -2.66. The van der Waals surface area contributed by atoms with Crippen LogP contribution < -0.4 is 44.2 Å². The number of nitrogens with two attached hydrogens (primary N) is 4. The summed E-state index contributed by atoms with van der Waals surface area (Å²) < 4.78 is 5.32. The molecule has 0 saturated heterocycles. The zero-order chi connectivity index (χ0) is 39.3. The molecule has 0 spiro atoms. The van der Waals surface area contributed by atoms with Gasteiger partial charge in [0.2, 0.25) is 29.5 Å². The minimum absolute atomic E-state index is 0.00819. The summed E-state index contributed by atoms with van der Waals surface area (Å²) in [5, 5.41) is 29.6. The van der Waals surface area contributed by atoms with Gasteiger partial charge in [0.15, 0.2) is 0 Å². The molecular weight excluding hydrogens is 692 g/mol. The molecule has 1 aliphatic carbocycles. The first-order valence-corrected chi connectivity index (χ1v) is 17.0. The number of amides is 6. The van der Waals surface area contributed by atoms with Crippen LogP contribution >= 0.6 is 0 Å². The van der Waals surface area contributed by atoms with Gasteiger partial charge in [-0.25, -0.2) is 4.79 Å². The van der Waals surface area contributed by atoms with Crippen LogP contribution in [0.4, 0.5) is 16.2 Å². The number of nitrogens with one attached hydrogen (secondary N) is 4. The number of aliphatic carboxylic acids is 1. The minimum atomic E-state index is -1.81. The monoisotopic (exact) mass is 740 g/mol. The van der Waals surface area contributed by atoms with E-state index in [4.69, 9.17) is 27.7 Å². The third kappa shape index (κ3) is 12.3. The Morgan fingerprint density at radius 3 is 2.23 bits per heavy atom. The van der Waals surface area contributed by atoms with Gasteiger partial charge in [0, 0.05) is 18.5 Å². The van der Waals surface area contributed by atoms with Crippen molar-refractivity contribution in [3.05, 3.63) is 53.6 Å². The number of phenolic OH excluding ortho intramolecular Hbond substituents is 1. The second-order valence-electron chi connectivity index (χ2n) is 13.4. The van der Waals surface area contributed by atoms with E-state index in [0.29, 0.717) is 29.7 Å². The van der Waals surface area contributed by atoms with Crippen molar-refractivity contribution in [2.45, 2.75) is 101 Å². The topological polar surface area (TPSA) is 321 Å². The highest BCUT2D eigenvalue weighted by molar-refractivity contribution is 5.99. The number of aromatic hydroxyl groups is 1. The first kappa shape index (κ1) is 41.4. The summed E-state index contributed by atoms with van der Waals surface area (Å²) in [6.45, 7) is 1.15. The second-order valence-corrected chi connectivity index (χ2v) is 13.4. The van der Waals surface area contributed by atoms with E-state index >= 15 is 0 Å². The lowest BCUT2D eigenvalue weighted by atomic mass is 9.80. The Morgan fingerprint density at radius 1 is 0.925 bits per heavy atom. The fourth-order valence-electron chi connectivity index (χ4n) is 6.02. The average molecular weight is 741 g/mol. The molecule has 3 rings (SSSR count). The van der Waals surface area contributed by atoms with Crippen molar-refractivity contribution in [3.63, 3.8) is 0 Å². The Balaban J connectivity index is 1.93. The molecule has 53 heavy (non-hydrogen) atoms. The molecule has 2 aromatic rings. The molecule has 288 valence electrons. The Labute approximate surface area is 305 Å². The zero-order valence-electron chi connectivity index (χ0n) is 29.4. The van der Waals surface area contributed by atoms with Crippen molar-refractivity contribution in [2.75, 3.05) is 11.5 Å². The van der Waals surface area contributed by atoms with Crippen LogP contribution in [0.15, 0.2) is 42.5 Å². The third-order valence-electron chi connectivity index (χ3n) is 8.98. The maximum Gasteiger partial charge on any atom is 0.408 e. The molecule has 0 aliphatic heterocycles. The van der Waals surface area contributed by atoms with Gasteiger partial charge in [0.1, 0.15) is 35.5 Å². The fourth-order valence-corrected chi connectivity index (χ4v) is 6.02. The van der Waals surface area contributed by atoms with Crippen LogP contribution in [0.3, 0.4) is 0 Å². The summed E-state index contributed by atoms with van der Waals surface area (Å²) in [5.74, 6) is -5.74. The van der Waals surface area contributed by atoms with E-state index < -0.39 is 71.2 Å². The summed E-state index contributed by atoms with van der Waals surface area (Å²) >= 11 is 0. The first-order chi connectivity index (χ1) is 24.9. The van der Waals surface area contributed by atoms with E-state index in [1.165, 1.54) is 25.1 Å². The first-order valence-electron chi connectivity index (χ1n) is 17.0. The highest BCUT2D eigenvalue weighted by atomic mass is 16.5. The smallest absolute Gasteiger partial charge is 0.408 e. The number of primary amides is 2. The summed E-state index contributed by atoms with van der Waals surface area (Å²) in [6.07, 6.45) is -0.289. The quantitative estimate of drug-likeness (QED) is 0.0723. The van der Waals surface area contributed by atoms with E-state index in [1.54, 1.807) is 24.3 Å². The van der Waals surface area contributed by atoms with E-state index in [-0.39, 0.29) is 56.6 Å². The number of rotatable bonds is 18. The molecule has 1 aliphatic rings. The number of hydrogen-bond donors (Lipinski definition) is 10. The number of nitrogen functional groups attached to an aromatic ring is 2. The van der Waals surface area contributed by atoms with Gasteiger partial charge in [-0.3, -0.25) is 28.8 Å². The van der Waals surface area contributed by atoms with E-state index in [9.17, 15) is 43.8 Å². The summed E-state index contributed by atoms with van der Waals surface area (Å²) in [4.78, 5) is 89.9. The normalized spacial score (nSPS) is 15.7. The van der Waals surface area contributed by atoms with Crippen molar-refractivity contribution >= 4 is 53.0 Å². The number of carbonyl (C=O) groups is 7. The molecule has 6 amide bonds. The van der Waals surface area contributed by atoms with Crippen molar-refractivity contribution in [3.8, 4) is 5.75 Å². The van der Waals surface area contributed by atoms with Gasteiger partial charge in [-0.15, -0.1) is 0 Å². The number of carboxylic acids is 1. The van der Waals surface area contributed by atoms with E-state index in [0.717, 1.165) is 6.42 Å². The molecule has 1 saturated carbocycles. The maximum atomic E-state index is 14.2. The molecule has 0 radical (unpaired) electrons. The fraction of sp³-hybridized carbons (Fsp3) is 0.457. The molecular formula is C35H48N8O10. The van der Waals surface area contributed by atoms with Gasteiger partial charge in [-0.1, -0.05) is 37.5 Å². The van der Waals surface area contributed by atoms with Crippen molar-refractivity contribution in [2.24, 2.45) is 11.5 Å². The number of carbonyl (C=O) groups excluding carboxylic acids is 6. The SMILES string of the molecule is C[C@@](CCCC(=O)O)(NC(=O)OCc1cccc(N)c1)C(=O)N[C@@H](Cc1ccc(O)c(N)c1)C(=O)NC1(C(=O)N[C@@H](CC(N)=O)C(N)=O)CCCCC1. The number of alkyl carbamates (subject to hydrolysis) is 1. The molecule has 0 heterocycles. The van der Waals surface area contributed by atoms with Crippen LogP contribution in [0.1, 0.15) is 75.8 Å². The molecule has 18 nitrogen and oxygen atoms in total. The van der Waals surface area contributed by atoms with E-state index in [2.05, 4.69) is 21.3 Å². The number of phenols is 1. The molecule has 14 N–H and O–H groups in total. The number of ether oxygens (including phenoxy) is 1. The molecule has 2 aromatic carbocycles. The Kier molecular flexibility index (Phi) is 14.4. The number of benzene rings is 2. The van der Waals surface area contributed by atoms with Gasteiger partial charge in [0.25, 0.3) is 0 Å². The number of anilines is 2. The maximum absolute atomic E-state index is 14.2. The predicted molar refractivity (Wildman–Crippen MR) is 191 cm³/mol. The third-order valence-corrected chi connectivity index (χ3v) is 8.98. The molecule has 1 fully saturated rings. The predicted octanol–water partition coefficient (Wildman–Crippen LogP) is 0.189. The van der Waals surface area contributed by atoms with Gasteiger partial charge in [-0.05, 0) is 68.0 Å². The van der Waals surface area contributed by atoms with Crippen molar-refractivity contribution in [1.29, 1.82) is 0 Å². The standard InChI is InChI=1S/C35H48N8O10/c1-34(12-6-9-28(46)47,43-33(52)53-19-21-7-5-8-22(36)15-21)31(50)41-25(17-20-10-11-26(44)23(37)16-20)30(49)42-35(13-3-2-4-14-35)32(51)40-24(29(39)48)18-27(38)45/h5,7-8,10-11,15-16,24-25,44H,2-4,6,9,12-14,17-19,36-37H2,1H3,(H2,38,45)(H2,39,48)(H,40,51)(H,41,50)(H,42,49)(H,43,52)(H,46,47)/t24-,25-,34-/m0/s1. The van der Waals surface area contributed by atoms with Crippen molar-refractivity contribution in [1.82, 2.24) is 21.3 Å². The number of carboxylic acid groups (broad SMARTS) is 1. The average Bonchev–Trinajstić information content (AvgIpc) is 3.08. The largest absolute Gasteiger partial charge is 0.506 e. The second kappa shape index (κ2) is 18.4. The van der Waals surface area contributed by atoms with E-state index in [1.807, 2.05) is 0 Å². The van der Waals surface area contributed by atoms with Crippen LogP contribution in [0.2, 0.25) is 0 Å². The highest BCUT2D eigenvalue weighted by Crippen LogP contribution is 2.30. The molecule has 0 aromatic heterocycles. The molecule has 0 unspecified atom stereocenters. The van der Waals surface area contributed by atoms with Gasteiger partial charge < -0.3 is 59.2 Å². The van der Waals surface area contributed by atoms with Crippen LogP contribution in [-0.2, 0) is 46.5 Å². The van der Waals surface area contributed by atoms with Gasteiger partial charge in [-0.2, -0.15) is 0 Å². The zero-order valence-corrected chi connectivity index (χ0v) is 29.4. The molecule has 3 atom stereocenters. The summed E-state index contributed by atoms with van der Waals surface area (Å²) in [7, 11) is 0. The Bertz CT molecular complexity index is 1700. The van der Waals surface area contributed by atoms with Crippen LogP contribution in [-0.4, -0.2) is 75.0 Å². The van der Waals surface area contributed by atoms with Gasteiger partial charge >= 0.3 is 12.1 Å². The summed E-state index contributed by atoms with van der Waals surface area (Å²) in [6, 6.07) is 7.88. The lowest BCUT2D eigenvalue weighted by molar-refractivity contribution is -0.139. The highest BCUT2D eigenvalue weighted by Gasteiger charge is 2.44. The Hall–Kier alpha value is -6.07. The van der Waals surface area contributed by atoms with Gasteiger partial charge in [0.05, 0.1) is 12.1 Å². The molecule has 0 bridgehead atoms. The summed E-state index contributed by atoms with van der Waals surface area (Å²) in [5.41, 5.74) is 20.3. The molecule has 18 heteroatoms. The Morgan fingerprint density at radius 2 is 1.62 bits per heavy atom. The van der Waals surface area contributed by atoms with Crippen LogP contribution in [0.25, 0.3) is 0 Å².